The first-order valence-electron chi connectivity index (χ1n) is 9.59. The van der Waals surface area contributed by atoms with Crippen molar-refractivity contribution in [3.05, 3.63) is 63.4 Å². The number of anilines is 1. The van der Waals surface area contributed by atoms with Crippen molar-refractivity contribution in [3.8, 4) is 0 Å². The van der Waals surface area contributed by atoms with Crippen molar-refractivity contribution in [2.75, 3.05) is 5.32 Å². The van der Waals surface area contributed by atoms with Gasteiger partial charge in [-0.25, -0.2) is 9.37 Å². The number of carbonyl (C=O) groups excluding carboxylic acids is 1. The number of aromatic nitrogens is 3. The lowest BCUT2D eigenvalue weighted by atomic mass is 10.2. The zero-order valence-electron chi connectivity index (χ0n) is 16.0. The number of hydrogen-bond donors (Lipinski definition) is 2. The number of aromatic amines is 1. The second kappa shape index (κ2) is 8.85. The largest absolute Gasteiger partial charge is 0.332 e. The van der Waals surface area contributed by atoms with Crippen LogP contribution in [0.15, 0.2) is 47.3 Å². The summed E-state index contributed by atoms with van der Waals surface area (Å²) in [7, 11) is 0. The molecular weight excluding hydrogens is 423 g/mol. The lowest BCUT2D eigenvalue weighted by Crippen LogP contribution is -2.22. The van der Waals surface area contributed by atoms with Crippen LogP contribution in [0.4, 0.5) is 9.52 Å². The SMILES string of the molecule is O=C(CCCCCn1c(=S)[nH]c2ccccc2c1=O)Nc1nc2ccc(F)cc2s1. The molecule has 0 radical (unpaired) electrons. The van der Waals surface area contributed by atoms with Crippen LogP contribution in [0.2, 0.25) is 0 Å². The molecule has 0 aliphatic rings. The molecule has 0 atom stereocenters. The van der Waals surface area contributed by atoms with Gasteiger partial charge in [0.2, 0.25) is 5.91 Å². The number of para-hydroxylation sites is 1. The Kier molecular flexibility index (Phi) is 6.01. The van der Waals surface area contributed by atoms with E-state index < -0.39 is 0 Å². The Labute approximate surface area is 180 Å². The summed E-state index contributed by atoms with van der Waals surface area (Å²) < 4.78 is 15.9. The lowest BCUT2D eigenvalue weighted by Gasteiger charge is -2.08. The van der Waals surface area contributed by atoms with E-state index in [4.69, 9.17) is 12.2 Å². The minimum Gasteiger partial charge on any atom is -0.332 e. The van der Waals surface area contributed by atoms with Crippen LogP contribution in [0.25, 0.3) is 21.1 Å². The smallest absolute Gasteiger partial charge is 0.262 e. The number of fused-ring (bicyclic) bond motifs is 2. The van der Waals surface area contributed by atoms with Gasteiger partial charge in [0, 0.05) is 13.0 Å². The number of unbranched alkanes of at least 4 members (excludes halogenated alkanes) is 2. The molecule has 154 valence electrons. The van der Waals surface area contributed by atoms with Gasteiger partial charge < -0.3 is 10.3 Å². The molecule has 2 heterocycles. The molecule has 1 amide bonds. The third-order valence-electron chi connectivity index (χ3n) is 4.77. The van der Waals surface area contributed by atoms with Crippen LogP contribution >= 0.6 is 23.6 Å². The summed E-state index contributed by atoms with van der Waals surface area (Å²) >= 11 is 6.56. The highest BCUT2D eigenvalue weighted by atomic mass is 32.1. The van der Waals surface area contributed by atoms with Crippen molar-refractivity contribution in [1.82, 2.24) is 14.5 Å². The average molecular weight is 443 g/mol. The van der Waals surface area contributed by atoms with E-state index >= 15 is 0 Å². The van der Waals surface area contributed by atoms with Crippen LogP contribution in [0.5, 0.6) is 0 Å². The van der Waals surface area contributed by atoms with E-state index in [2.05, 4.69) is 15.3 Å². The van der Waals surface area contributed by atoms with Gasteiger partial charge in [0.15, 0.2) is 9.90 Å². The molecule has 0 unspecified atom stereocenters. The molecule has 0 saturated heterocycles. The number of benzene rings is 2. The van der Waals surface area contributed by atoms with Crippen molar-refractivity contribution in [2.45, 2.75) is 32.2 Å². The van der Waals surface area contributed by atoms with Crippen LogP contribution in [0.1, 0.15) is 25.7 Å². The number of nitrogens with one attached hydrogen (secondary N) is 2. The molecule has 4 aromatic rings. The zero-order chi connectivity index (χ0) is 21.1. The summed E-state index contributed by atoms with van der Waals surface area (Å²) in [4.78, 5) is 32.1. The number of halogens is 1. The Morgan fingerprint density at radius 3 is 2.90 bits per heavy atom. The van der Waals surface area contributed by atoms with Crippen molar-refractivity contribution in [1.29, 1.82) is 0 Å². The van der Waals surface area contributed by atoms with E-state index in [0.29, 0.717) is 44.9 Å². The Bertz CT molecular complexity index is 1340. The van der Waals surface area contributed by atoms with Gasteiger partial charge in [-0.15, -0.1) is 0 Å². The standard InChI is InChI=1S/C21H19FN4O2S2/c22-13-9-10-16-17(12-13)30-20(23-16)25-18(27)8-2-1-5-11-26-19(28)14-6-3-4-7-15(14)24-21(26)29/h3-4,6-7,9-10,12H,1-2,5,8,11H2,(H,24,29)(H,23,25,27). The third-order valence-corrected chi connectivity index (χ3v) is 6.03. The molecular formula is C21H19FN4O2S2. The second-order valence-electron chi connectivity index (χ2n) is 6.92. The van der Waals surface area contributed by atoms with Gasteiger partial charge in [0.1, 0.15) is 5.82 Å². The molecule has 2 aromatic heterocycles. The van der Waals surface area contributed by atoms with Gasteiger partial charge in [-0.05, 0) is 55.4 Å². The van der Waals surface area contributed by atoms with Gasteiger partial charge in [-0.3, -0.25) is 14.2 Å². The van der Waals surface area contributed by atoms with Crippen molar-refractivity contribution in [3.63, 3.8) is 0 Å². The fraction of sp³-hybridized carbons (Fsp3) is 0.238. The molecule has 0 saturated carbocycles. The Balaban J connectivity index is 1.28. The first-order valence-corrected chi connectivity index (χ1v) is 10.8. The second-order valence-corrected chi connectivity index (χ2v) is 8.34. The van der Waals surface area contributed by atoms with E-state index in [1.165, 1.54) is 23.5 Å². The van der Waals surface area contributed by atoms with Crippen molar-refractivity contribution in [2.24, 2.45) is 0 Å². The highest BCUT2D eigenvalue weighted by molar-refractivity contribution is 7.71. The van der Waals surface area contributed by atoms with Crippen LogP contribution in [-0.4, -0.2) is 20.4 Å². The van der Waals surface area contributed by atoms with E-state index in [1.54, 1.807) is 16.7 Å². The van der Waals surface area contributed by atoms with Crippen LogP contribution in [0.3, 0.4) is 0 Å². The normalized spacial score (nSPS) is 11.2. The number of carbonyl (C=O) groups is 1. The summed E-state index contributed by atoms with van der Waals surface area (Å²) in [5, 5.41) is 3.85. The number of amides is 1. The molecule has 2 N–H and O–H groups in total. The summed E-state index contributed by atoms with van der Waals surface area (Å²) in [6.45, 7) is 0.504. The first kappa shape index (κ1) is 20.4. The van der Waals surface area contributed by atoms with Crippen molar-refractivity contribution >= 4 is 55.7 Å². The van der Waals surface area contributed by atoms with E-state index in [1.807, 2.05) is 18.2 Å². The zero-order valence-corrected chi connectivity index (χ0v) is 17.6. The number of thiazole rings is 1. The highest BCUT2D eigenvalue weighted by Gasteiger charge is 2.09. The van der Waals surface area contributed by atoms with Crippen LogP contribution in [0, 0.1) is 10.6 Å². The average Bonchev–Trinajstić information content (AvgIpc) is 3.11. The minimum absolute atomic E-state index is 0.0978. The third kappa shape index (κ3) is 4.47. The predicted molar refractivity (Wildman–Crippen MR) is 120 cm³/mol. The maximum atomic E-state index is 13.3. The molecule has 30 heavy (non-hydrogen) atoms. The molecule has 0 aliphatic heterocycles. The summed E-state index contributed by atoms with van der Waals surface area (Å²) in [5.41, 5.74) is 1.30. The Morgan fingerprint density at radius 2 is 2.03 bits per heavy atom. The fourth-order valence-electron chi connectivity index (χ4n) is 3.27. The van der Waals surface area contributed by atoms with Gasteiger partial charge in [0.25, 0.3) is 5.56 Å². The number of rotatable bonds is 7. The lowest BCUT2D eigenvalue weighted by molar-refractivity contribution is -0.116. The van der Waals surface area contributed by atoms with E-state index in [0.717, 1.165) is 18.4 Å². The quantitative estimate of drug-likeness (QED) is 0.312. The summed E-state index contributed by atoms with van der Waals surface area (Å²) in [6.07, 6.45) is 2.56. The molecule has 2 aromatic carbocycles. The summed E-state index contributed by atoms with van der Waals surface area (Å²) in [5.74, 6) is -0.455. The Morgan fingerprint density at radius 1 is 1.20 bits per heavy atom. The number of H-pyrrole nitrogens is 1. The molecule has 4 rings (SSSR count). The molecule has 0 fully saturated rings. The molecule has 0 aliphatic carbocycles. The van der Waals surface area contributed by atoms with Gasteiger partial charge in [-0.2, -0.15) is 0 Å². The maximum absolute atomic E-state index is 13.3. The number of hydrogen-bond acceptors (Lipinski definition) is 5. The summed E-state index contributed by atoms with van der Waals surface area (Å²) in [6, 6.07) is 11.6. The minimum atomic E-state index is -0.325. The molecule has 0 spiro atoms. The molecule has 0 bridgehead atoms. The van der Waals surface area contributed by atoms with Crippen LogP contribution in [-0.2, 0) is 11.3 Å². The fourth-order valence-corrected chi connectivity index (χ4v) is 4.46. The number of nitrogens with zero attached hydrogens (tertiary/aromatic N) is 2. The topological polar surface area (TPSA) is 79.8 Å². The van der Waals surface area contributed by atoms with Gasteiger partial charge in [0.05, 0.1) is 21.1 Å². The first-order chi connectivity index (χ1) is 14.5. The predicted octanol–water partition coefficient (Wildman–Crippen LogP) is 5.01. The highest BCUT2D eigenvalue weighted by Crippen LogP contribution is 2.26. The van der Waals surface area contributed by atoms with Gasteiger partial charge >= 0.3 is 0 Å². The van der Waals surface area contributed by atoms with Crippen LogP contribution < -0.4 is 10.9 Å². The molecule has 6 nitrogen and oxygen atoms in total. The molecule has 9 heteroatoms. The Hall–Kier alpha value is -2.91. The maximum Gasteiger partial charge on any atom is 0.262 e. The van der Waals surface area contributed by atoms with Gasteiger partial charge in [-0.1, -0.05) is 29.9 Å². The van der Waals surface area contributed by atoms with E-state index in [9.17, 15) is 14.0 Å². The van der Waals surface area contributed by atoms with E-state index in [-0.39, 0.29) is 17.3 Å². The van der Waals surface area contributed by atoms with Crippen molar-refractivity contribution < 1.29 is 9.18 Å². The monoisotopic (exact) mass is 442 g/mol.